The average Bonchev–Trinajstić information content (AvgIpc) is 3.24. The Labute approximate surface area is 151 Å². The number of hydrogen-bond acceptors (Lipinski definition) is 4. The Bertz CT molecular complexity index is 858. The minimum Gasteiger partial charge on any atom is -0.453 e. The number of nitrogens with zero attached hydrogens (tertiary/aromatic N) is 3. The molecule has 1 atom stereocenters. The number of hydrogen-bond donors (Lipinski definition) is 0. The molecular formula is C19H20ClN3O2. The SMILES string of the molecule is CN1CCOC(Cn2ccnc2-c2ccc(-c3ccccc3Cl)o2)C1. The Balaban J connectivity index is 1.57. The van der Waals surface area contributed by atoms with Crippen molar-refractivity contribution in [2.75, 3.05) is 26.7 Å². The van der Waals surface area contributed by atoms with Crippen molar-refractivity contribution in [1.82, 2.24) is 14.5 Å². The van der Waals surface area contributed by atoms with Crippen molar-refractivity contribution < 1.29 is 9.15 Å². The summed E-state index contributed by atoms with van der Waals surface area (Å²) in [5.41, 5.74) is 0.880. The predicted octanol–water partition coefficient (Wildman–Crippen LogP) is 3.79. The Hall–Kier alpha value is -2.08. The van der Waals surface area contributed by atoms with Crippen LogP contribution in [0.1, 0.15) is 0 Å². The first-order chi connectivity index (χ1) is 12.2. The van der Waals surface area contributed by atoms with Crippen LogP contribution in [0.25, 0.3) is 22.9 Å². The molecule has 0 N–H and O–H groups in total. The molecule has 0 bridgehead atoms. The number of ether oxygens (including phenoxy) is 1. The van der Waals surface area contributed by atoms with Gasteiger partial charge in [0.1, 0.15) is 5.76 Å². The largest absolute Gasteiger partial charge is 0.453 e. The monoisotopic (exact) mass is 357 g/mol. The predicted molar refractivity (Wildman–Crippen MR) is 97.6 cm³/mol. The lowest BCUT2D eigenvalue weighted by molar-refractivity contribution is -0.0272. The van der Waals surface area contributed by atoms with E-state index in [1.54, 1.807) is 6.20 Å². The highest BCUT2D eigenvalue weighted by Crippen LogP contribution is 2.32. The van der Waals surface area contributed by atoms with Crippen LogP contribution in [0.15, 0.2) is 53.2 Å². The van der Waals surface area contributed by atoms with Crippen molar-refractivity contribution in [1.29, 1.82) is 0 Å². The zero-order chi connectivity index (χ0) is 17.2. The van der Waals surface area contributed by atoms with Gasteiger partial charge in [-0.25, -0.2) is 4.98 Å². The fraction of sp³-hybridized carbons (Fsp3) is 0.316. The third kappa shape index (κ3) is 3.49. The third-order valence-electron chi connectivity index (χ3n) is 4.42. The van der Waals surface area contributed by atoms with Crippen LogP contribution < -0.4 is 0 Å². The first-order valence-corrected chi connectivity index (χ1v) is 8.75. The summed E-state index contributed by atoms with van der Waals surface area (Å²) in [5.74, 6) is 2.27. The molecule has 0 radical (unpaired) electrons. The van der Waals surface area contributed by atoms with Crippen molar-refractivity contribution in [3.8, 4) is 22.9 Å². The molecule has 5 nitrogen and oxygen atoms in total. The molecule has 130 valence electrons. The van der Waals surface area contributed by atoms with Crippen LogP contribution in [0.5, 0.6) is 0 Å². The number of likely N-dealkylation sites (N-methyl/N-ethyl adjacent to an activating group) is 1. The number of benzene rings is 1. The molecule has 2 aromatic heterocycles. The summed E-state index contributed by atoms with van der Waals surface area (Å²) in [5, 5.41) is 0.672. The Kier molecular flexibility index (Phi) is 4.61. The Morgan fingerprint density at radius 2 is 2.04 bits per heavy atom. The van der Waals surface area contributed by atoms with Crippen LogP contribution in [0.2, 0.25) is 5.02 Å². The van der Waals surface area contributed by atoms with Gasteiger partial charge in [0.2, 0.25) is 0 Å². The molecule has 0 aliphatic carbocycles. The van der Waals surface area contributed by atoms with E-state index in [0.29, 0.717) is 5.02 Å². The van der Waals surface area contributed by atoms with Gasteiger partial charge >= 0.3 is 0 Å². The van der Waals surface area contributed by atoms with Crippen LogP contribution in [0, 0.1) is 0 Å². The summed E-state index contributed by atoms with van der Waals surface area (Å²) in [6, 6.07) is 11.5. The molecule has 3 aromatic rings. The quantitative estimate of drug-likeness (QED) is 0.712. The molecule has 1 aliphatic heterocycles. The lowest BCUT2D eigenvalue weighted by Crippen LogP contribution is -2.41. The second kappa shape index (κ2) is 7.04. The number of imidazole rings is 1. The van der Waals surface area contributed by atoms with Gasteiger partial charge in [-0.15, -0.1) is 0 Å². The van der Waals surface area contributed by atoms with Crippen LogP contribution >= 0.6 is 11.6 Å². The van der Waals surface area contributed by atoms with Crippen LogP contribution in [0.4, 0.5) is 0 Å². The number of halogens is 1. The molecule has 6 heteroatoms. The lowest BCUT2D eigenvalue weighted by atomic mass is 10.2. The van der Waals surface area contributed by atoms with Gasteiger partial charge < -0.3 is 18.6 Å². The topological polar surface area (TPSA) is 43.4 Å². The molecule has 0 amide bonds. The summed E-state index contributed by atoms with van der Waals surface area (Å²) in [6.07, 6.45) is 3.91. The van der Waals surface area contributed by atoms with Gasteiger partial charge in [-0.2, -0.15) is 0 Å². The second-order valence-electron chi connectivity index (χ2n) is 6.30. The van der Waals surface area contributed by atoms with Gasteiger partial charge in [0.25, 0.3) is 0 Å². The van der Waals surface area contributed by atoms with E-state index >= 15 is 0 Å². The molecule has 1 fully saturated rings. The van der Waals surface area contributed by atoms with E-state index in [1.165, 1.54) is 0 Å². The minimum absolute atomic E-state index is 0.157. The van der Waals surface area contributed by atoms with E-state index < -0.39 is 0 Å². The maximum absolute atomic E-state index is 6.26. The number of aromatic nitrogens is 2. The van der Waals surface area contributed by atoms with Gasteiger partial charge in [-0.1, -0.05) is 23.7 Å². The van der Waals surface area contributed by atoms with Gasteiger partial charge in [0.15, 0.2) is 11.6 Å². The summed E-state index contributed by atoms with van der Waals surface area (Å²) in [6.45, 7) is 3.41. The maximum Gasteiger partial charge on any atom is 0.176 e. The zero-order valence-electron chi connectivity index (χ0n) is 14.1. The van der Waals surface area contributed by atoms with Crippen LogP contribution in [-0.2, 0) is 11.3 Å². The smallest absolute Gasteiger partial charge is 0.176 e. The van der Waals surface area contributed by atoms with Crippen molar-refractivity contribution in [2.45, 2.75) is 12.6 Å². The van der Waals surface area contributed by atoms with Crippen molar-refractivity contribution in [2.24, 2.45) is 0 Å². The summed E-state index contributed by atoms with van der Waals surface area (Å²) in [7, 11) is 2.12. The molecular weight excluding hydrogens is 338 g/mol. The summed E-state index contributed by atoms with van der Waals surface area (Å²) < 4.78 is 14.0. The molecule has 4 rings (SSSR count). The fourth-order valence-corrected chi connectivity index (χ4v) is 3.37. The van der Waals surface area contributed by atoms with Crippen molar-refractivity contribution in [3.63, 3.8) is 0 Å². The van der Waals surface area contributed by atoms with E-state index in [-0.39, 0.29) is 6.10 Å². The summed E-state index contributed by atoms with van der Waals surface area (Å²) in [4.78, 5) is 6.75. The standard InChI is InChI=1S/C19H20ClN3O2/c1-22-10-11-24-14(12-22)13-23-9-8-21-19(23)18-7-6-17(25-18)15-4-2-3-5-16(15)20/h2-9,14H,10-13H2,1H3. The molecule has 3 heterocycles. The highest BCUT2D eigenvalue weighted by Gasteiger charge is 2.20. The van der Waals surface area contributed by atoms with Gasteiger partial charge in [-0.3, -0.25) is 0 Å². The fourth-order valence-electron chi connectivity index (χ4n) is 3.14. The van der Waals surface area contributed by atoms with Crippen molar-refractivity contribution >= 4 is 11.6 Å². The third-order valence-corrected chi connectivity index (χ3v) is 4.75. The molecule has 1 unspecified atom stereocenters. The first kappa shape index (κ1) is 16.4. The normalized spacial score (nSPS) is 18.6. The van der Waals surface area contributed by atoms with E-state index in [2.05, 4.69) is 21.5 Å². The minimum atomic E-state index is 0.157. The zero-order valence-corrected chi connectivity index (χ0v) is 14.8. The van der Waals surface area contributed by atoms with Crippen LogP contribution in [-0.4, -0.2) is 47.3 Å². The summed E-state index contributed by atoms with van der Waals surface area (Å²) >= 11 is 6.26. The molecule has 0 spiro atoms. The maximum atomic E-state index is 6.26. The highest BCUT2D eigenvalue weighted by atomic mass is 35.5. The molecule has 1 saturated heterocycles. The average molecular weight is 358 g/mol. The van der Waals surface area contributed by atoms with Crippen LogP contribution in [0.3, 0.4) is 0 Å². The van der Waals surface area contributed by atoms with E-state index in [4.69, 9.17) is 20.8 Å². The van der Waals surface area contributed by atoms with E-state index in [0.717, 1.165) is 49.1 Å². The van der Waals surface area contributed by atoms with Crippen molar-refractivity contribution in [3.05, 3.63) is 53.8 Å². The number of rotatable bonds is 4. The second-order valence-corrected chi connectivity index (χ2v) is 6.71. The van der Waals surface area contributed by atoms with Gasteiger partial charge in [0.05, 0.1) is 24.3 Å². The lowest BCUT2D eigenvalue weighted by Gasteiger charge is -2.30. The van der Waals surface area contributed by atoms with E-state index in [1.807, 2.05) is 42.6 Å². The Morgan fingerprint density at radius 1 is 1.20 bits per heavy atom. The molecule has 25 heavy (non-hydrogen) atoms. The number of morpholine rings is 1. The molecule has 1 aliphatic rings. The van der Waals surface area contributed by atoms with Gasteiger partial charge in [0, 0.05) is 31.0 Å². The van der Waals surface area contributed by atoms with E-state index in [9.17, 15) is 0 Å². The number of furan rings is 1. The highest BCUT2D eigenvalue weighted by molar-refractivity contribution is 6.33. The molecule has 0 saturated carbocycles. The molecule has 1 aromatic carbocycles. The van der Waals surface area contributed by atoms with Gasteiger partial charge in [-0.05, 0) is 31.3 Å². The first-order valence-electron chi connectivity index (χ1n) is 8.37. The Morgan fingerprint density at radius 3 is 2.88 bits per heavy atom.